The highest BCUT2D eigenvalue weighted by atomic mass is 35.5. The first-order valence-corrected chi connectivity index (χ1v) is 18.5. The Balaban J connectivity index is 1.17. The summed E-state index contributed by atoms with van der Waals surface area (Å²) in [6, 6.07) is 13.2. The molecule has 6 rings (SSSR count). The SMILES string of the molecule is O=CC(CC1CC2(CCCCC2)NC1=O)NC(=O)[C@H](CC1CCCCC1)NC(=O)OC(c1cccc(Cl)c1)C1(c2cccc(Cl)c2)CC1. The summed E-state index contributed by atoms with van der Waals surface area (Å²) < 4.78 is 6.25. The van der Waals surface area contributed by atoms with E-state index in [2.05, 4.69) is 16.0 Å². The zero-order valence-electron chi connectivity index (χ0n) is 27.5. The van der Waals surface area contributed by atoms with Crippen molar-refractivity contribution in [1.29, 1.82) is 0 Å². The number of carbonyl (C=O) groups is 4. The van der Waals surface area contributed by atoms with Gasteiger partial charge >= 0.3 is 6.09 Å². The van der Waals surface area contributed by atoms with Crippen LogP contribution in [0.5, 0.6) is 0 Å². The van der Waals surface area contributed by atoms with Gasteiger partial charge in [-0.15, -0.1) is 0 Å². The van der Waals surface area contributed by atoms with Gasteiger partial charge in [0, 0.05) is 26.9 Å². The molecule has 8 nitrogen and oxygen atoms in total. The number of benzene rings is 2. The molecule has 3 saturated carbocycles. The molecule has 4 atom stereocenters. The summed E-state index contributed by atoms with van der Waals surface area (Å²) in [5.74, 6) is -0.552. The Hall–Kier alpha value is -3.10. The van der Waals surface area contributed by atoms with Crippen LogP contribution in [0.4, 0.5) is 4.79 Å². The van der Waals surface area contributed by atoms with Gasteiger partial charge < -0.3 is 25.5 Å². The van der Waals surface area contributed by atoms with Crippen molar-refractivity contribution < 1.29 is 23.9 Å². The number of aldehydes is 1. The largest absolute Gasteiger partial charge is 0.440 e. The number of hydrogen-bond donors (Lipinski definition) is 3. The molecule has 3 amide bonds. The normalized spacial score (nSPS) is 23.4. The summed E-state index contributed by atoms with van der Waals surface area (Å²) in [6.45, 7) is 0. The van der Waals surface area contributed by atoms with Gasteiger partial charge in [-0.3, -0.25) is 9.59 Å². The molecule has 4 aliphatic rings. The Morgan fingerprint density at radius 1 is 0.896 bits per heavy atom. The van der Waals surface area contributed by atoms with Crippen molar-refractivity contribution in [3.8, 4) is 0 Å². The molecule has 2 aromatic carbocycles. The van der Waals surface area contributed by atoms with Crippen LogP contribution in [-0.2, 0) is 24.5 Å². The number of halogens is 2. The van der Waals surface area contributed by atoms with E-state index in [4.69, 9.17) is 27.9 Å². The van der Waals surface area contributed by atoms with Gasteiger partial charge in [0.15, 0.2) is 0 Å². The van der Waals surface area contributed by atoms with Crippen molar-refractivity contribution in [2.24, 2.45) is 11.8 Å². The van der Waals surface area contributed by atoms with Crippen LogP contribution in [0.25, 0.3) is 0 Å². The van der Waals surface area contributed by atoms with Crippen LogP contribution in [0.2, 0.25) is 10.0 Å². The van der Waals surface area contributed by atoms with Gasteiger partial charge in [0.1, 0.15) is 18.4 Å². The van der Waals surface area contributed by atoms with E-state index in [-0.39, 0.29) is 29.7 Å². The van der Waals surface area contributed by atoms with Crippen LogP contribution in [0.3, 0.4) is 0 Å². The van der Waals surface area contributed by atoms with E-state index in [1.165, 1.54) is 6.42 Å². The van der Waals surface area contributed by atoms with E-state index < -0.39 is 35.6 Å². The Morgan fingerprint density at radius 3 is 2.25 bits per heavy atom. The van der Waals surface area contributed by atoms with Gasteiger partial charge in [0.2, 0.25) is 11.8 Å². The summed E-state index contributed by atoms with van der Waals surface area (Å²) in [5, 5.41) is 10.1. The van der Waals surface area contributed by atoms with Crippen molar-refractivity contribution in [2.45, 2.75) is 125 Å². The molecule has 1 heterocycles. The number of rotatable bonds is 12. The topological polar surface area (TPSA) is 114 Å². The minimum atomic E-state index is -0.897. The fraction of sp³-hybridized carbons (Fsp3) is 0.579. The zero-order chi connectivity index (χ0) is 33.7. The smallest absolute Gasteiger partial charge is 0.408 e. The number of carbonyl (C=O) groups excluding carboxylic acids is 4. The molecular weight excluding hydrogens is 649 g/mol. The molecule has 10 heteroatoms. The fourth-order valence-corrected chi connectivity index (χ4v) is 8.93. The van der Waals surface area contributed by atoms with E-state index in [0.29, 0.717) is 29.2 Å². The van der Waals surface area contributed by atoms with Gasteiger partial charge in [-0.2, -0.15) is 0 Å². The van der Waals surface area contributed by atoms with Gasteiger partial charge in [-0.05, 0) is 86.3 Å². The lowest BCUT2D eigenvalue weighted by atomic mass is 9.78. The number of nitrogens with one attached hydrogen (secondary N) is 3. The van der Waals surface area contributed by atoms with Crippen LogP contribution < -0.4 is 16.0 Å². The third-order valence-corrected chi connectivity index (χ3v) is 11.7. The van der Waals surface area contributed by atoms with Crippen molar-refractivity contribution >= 4 is 47.4 Å². The lowest BCUT2D eigenvalue weighted by molar-refractivity contribution is -0.127. The fourth-order valence-electron chi connectivity index (χ4n) is 8.54. The highest BCUT2D eigenvalue weighted by molar-refractivity contribution is 6.31. The number of hydrogen-bond acceptors (Lipinski definition) is 5. The number of amides is 3. The van der Waals surface area contributed by atoms with E-state index in [0.717, 1.165) is 81.8 Å². The molecule has 0 bridgehead atoms. The first kappa shape index (κ1) is 34.8. The van der Waals surface area contributed by atoms with Crippen molar-refractivity contribution in [2.75, 3.05) is 0 Å². The maximum absolute atomic E-state index is 13.9. The zero-order valence-corrected chi connectivity index (χ0v) is 29.0. The summed E-state index contributed by atoms with van der Waals surface area (Å²) in [7, 11) is 0. The summed E-state index contributed by atoms with van der Waals surface area (Å²) in [4.78, 5) is 52.9. The molecule has 0 aromatic heterocycles. The van der Waals surface area contributed by atoms with Crippen LogP contribution in [-0.4, -0.2) is 41.8 Å². The second kappa shape index (κ2) is 15.2. The summed E-state index contributed by atoms with van der Waals surface area (Å²) in [5.41, 5.74) is 1.07. The van der Waals surface area contributed by atoms with Crippen LogP contribution in [0.1, 0.15) is 114 Å². The lowest BCUT2D eigenvalue weighted by Crippen LogP contribution is -2.51. The van der Waals surface area contributed by atoms with E-state index >= 15 is 0 Å². The third-order valence-electron chi connectivity index (χ3n) is 11.2. The first-order valence-electron chi connectivity index (χ1n) is 17.7. The minimum Gasteiger partial charge on any atom is -0.440 e. The highest BCUT2D eigenvalue weighted by Crippen LogP contribution is 2.58. The maximum Gasteiger partial charge on any atom is 0.408 e. The molecule has 4 fully saturated rings. The van der Waals surface area contributed by atoms with E-state index in [9.17, 15) is 19.2 Å². The Morgan fingerprint density at radius 2 is 1.58 bits per heavy atom. The summed E-state index contributed by atoms with van der Waals surface area (Å²) >= 11 is 12.8. The standard InChI is InChI=1S/C38H47Cl2N3O5/c39-29-13-7-11-26(20-29)33(38(17-18-38)28-12-8-14-30(40)22-28)48-36(47)42-32(19-25-9-3-1-4-10-25)35(46)41-31(24-44)21-27-23-37(43-34(27)45)15-5-2-6-16-37/h7-8,11-14,20,22,24-25,27,31-33H,1-6,9-10,15-19,21,23H2,(H,41,46)(H,42,47)(H,43,45)/t27?,31?,32-,33?/m0/s1. The predicted octanol–water partition coefficient (Wildman–Crippen LogP) is 7.74. The van der Waals surface area contributed by atoms with Gasteiger partial charge in [-0.1, -0.05) is 98.8 Å². The molecule has 1 aliphatic heterocycles. The molecule has 1 saturated heterocycles. The van der Waals surface area contributed by atoms with Gasteiger partial charge in [-0.25, -0.2) is 4.79 Å². The average molecular weight is 697 g/mol. The minimum absolute atomic E-state index is 0.0424. The van der Waals surface area contributed by atoms with Gasteiger partial charge in [0.05, 0.1) is 6.04 Å². The number of ether oxygens (including phenoxy) is 1. The molecule has 3 N–H and O–H groups in total. The highest BCUT2D eigenvalue weighted by Gasteiger charge is 2.54. The Bertz CT molecular complexity index is 1480. The third kappa shape index (κ3) is 8.19. The molecule has 48 heavy (non-hydrogen) atoms. The van der Waals surface area contributed by atoms with Crippen LogP contribution in [0.15, 0.2) is 48.5 Å². The van der Waals surface area contributed by atoms with E-state index in [1.807, 2.05) is 42.5 Å². The van der Waals surface area contributed by atoms with Crippen LogP contribution in [0, 0.1) is 11.8 Å². The molecule has 1 spiro atoms. The number of alkyl carbamates (subject to hydrolysis) is 1. The Kier molecular flexibility index (Phi) is 11.0. The maximum atomic E-state index is 13.9. The molecule has 3 aliphatic carbocycles. The second-order valence-electron chi connectivity index (χ2n) is 14.7. The molecule has 2 aromatic rings. The summed E-state index contributed by atoms with van der Waals surface area (Å²) in [6.07, 6.45) is 12.8. The molecule has 0 radical (unpaired) electrons. The molecule has 3 unspecified atom stereocenters. The quantitative estimate of drug-likeness (QED) is 0.197. The molecular formula is C38H47Cl2N3O5. The first-order chi connectivity index (χ1) is 23.2. The Labute approximate surface area is 293 Å². The predicted molar refractivity (Wildman–Crippen MR) is 186 cm³/mol. The average Bonchev–Trinajstić information content (AvgIpc) is 3.83. The monoisotopic (exact) mass is 695 g/mol. The van der Waals surface area contributed by atoms with Crippen molar-refractivity contribution in [3.63, 3.8) is 0 Å². The van der Waals surface area contributed by atoms with Gasteiger partial charge in [0.25, 0.3) is 0 Å². The van der Waals surface area contributed by atoms with Crippen LogP contribution >= 0.6 is 23.2 Å². The molecule has 258 valence electrons. The van der Waals surface area contributed by atoms with E-state index in [1.54, 1.807) is 6.07 Å². The lowest BCUT2D eigenvalue weighted by Gasteiger charge is -2.33. The van der Waals surface area contributed by atoms with Crippen molar-refractivity contribution in [1.82, 2.24) is 16.0 Å². The second-order valence-corrected chi connectivity index (χ2v) is 15.5. The van der Waals surface area contributed by atoms with Crippen molar-refractivity contribution in [3.05, 3.63) is 69.7 Å².